The first-order valence-electron chi connectivity index (χ1n) is 5.48. The normalized spacial score (nSPS) is 11.2. The van der Waals surface area contributed by atoms with Crippen LogP contribution in [0.5, 0.6) is 0 Å². The van der Waals surface area contributed by atoms with Gasteiger partial charge in [-0.15, -0.1) is 0 Å². The van der Waals surface area contributed by atoms with Crippen LogP contribution in [0.15, 0.2) is 6.20 Å². The first kappa shape index (κ1) is 14.6. The van der Waals surface area contributed by atoms with Crippen LogP contribution in [0, 0.1) is 0 Å². The number of rotatable bonds is 4. The zero-order valence-electron chi connectivity index (χ0n) is 10.6. The van der Waals surface area contributed by atoms with Gasteiger partial charge in [-0.3, -0.25) is 4.79 Å². The average Bonchev–Trinajstić information content (AvgIpc) is 2.23. The Kier molecular flexibility index (Phi) is 4.84. The number of aromatic nitrogens is 2. The van der Waals surface area contributed by atoms with Gasteiger partial charge in [0.1, 0.15) is 18.1 Å². The minimum atomic E-state index is -0.568. The van der Waals surface area contributed by atoms with Crippen LogP contribution in [-0.2, 0) is 0 Å². The van der Waals surface area contributed by atoms with Gasteiger partial charge in [-0.1, -0.05) is 0 Å². The van der Waals surface area contributed by atoms with Gasteiger partial charge in [0.15, 0.2) is 0 Å². The molecule has 2 N–H and O–H groups in total. The average molecular weight is 275 g/mol. The van der Waals surface area contributed by atoms with Crippen molar-refractivity contribution in [2.24, 2.45) is 0 Å². The molecule has 0 unspecified atom stereocenters. The van der Waals surface area contributed by atoms with Gasteiger partial charge in [0.05, 0.1) is 0 Å². The number of hydrogen-bond donors (Lipinski definition) is 2. The Morgan fingerprint density at radius 1 is 1.50 bits per heavy atom. The van der Waals surface area contributed by atoms with E-state index in [0.717, 1.165) is 0 Å². The third-order valence-electron chi connectivity index (χ3n) is 1.88. The zero-order chi connectivity index (χ0) is 13.8. The van der Waals surface area contributed by atoms with Gasteiger partial charge in [0, 0.05) is 18.3 Å². The van der Waals surface area contributed by atoms with Gasteiger partial charge in [-0.2, -0.15) is 4.98 Å². The lowest BCUT2D eigenvalue weighted by Crippen LogP contribution is -2.41. The Morgan fingerprint density at radius 2 is 2.17 bits per heavy atom. The van der Waals surface area contributed by atoms with E-state index < -0.39 is 6.67 Å². The predicted octanol–water partition coefficient (Wildman–Crippen LogP) is 2.04. The number of alkyl halides is 1. The highest BCUT2D eigenvalue weighted by molar-refractivity contribution is 6.28. The Labute approximate surface area is 110 Å². The summed E-state index contributed by atoms with van der Waals surface area (Å²) in [6.07, 6.45) is 1.32. The standard InChI is InChI=1S/C11H16ClFN4O/c1-11(2,3)17-9(18)7-6-15-10(12)16-8(7)14-5-4-13/h6H,4-5H2,1-3H3,(H,17,18)(H,14,15,16). The lowest BCUT2D eigenvalue weighted by molar-refractivity contribution is 0.0919. The van der Waals surface area contributed by atoms with Crippen LogP contribution in [0.4, 0.5) is 10.2 Å². The number of carbonyl (C=O) groups excluding carboxylic acids is 1. The predicted molar refractivity (Wildman–Crippen MR) is 68.7 cm³/mol. The second-order valence-corrected chi connectivity index (χ2v) is 5.06. The minimum Gasteiger partial charge on any atom is -0.367 e. The van der Waals surface area contributed by atoms with E-state index >= 15 is 0 Å². The summed E-state index contributed by atoms with van der Waals surface area (Å²) in [6, 6.07) is 0. The molecule has 0 aliphatic rings. The molecule has 0 saturated heterocycles. The van der Waals surface area contributed by atoms with Crippen molar-refractivity contribution >= 4 is 23.3 Å². The van der Waals surface area contributed by atoms with Crippen molar-refractivity contribution in [2.75, 3.05) is 18.5 Å². The van der Waals surface area contributed by atoms with E-state index in [0.29, 0.717) is 0 Å². The number of halogens is 2. The van der Waals surface area contributed by atoms with Gasteiger partial charge in [0.2, 0.25) is 5.28 Å². The van der Waals surface area contributed by atoms with E-state index in [1.165, 1.54) is 6.20 Å². The molecule has 1 aromatic heterocycles. The van der Waals surface area contributed by atoms with Crippen LogP contribution in [0.2, 0.25) is 5.28 Å². The van der Waals surface area contributed by atoms with E-state index in [9.17, 15) is 9.18 Å². The fourth-order valence-electron chi connectivity index (χ4n) is 1.23. The Bertz CT molecular complexity index is 434. The smallest absolute Gasteiger partial charge is 0.257 e. The molecule has 0 fully saturated rings. The lowest BCUT2D eigenvalue weighted by atomic mass is 10.1. The first-order chi connectivity index (χ1) is 8.33. The number of nitrogens with one attached hydrogen (secondary N) is 2. The minimum absolute atomic E-state index is 0.00340. The highest BCUT2D eigenvalue weighted by Crippen LogP contribution is 2.15. The molecule has 0 saturated carbocycles. The topological polar surface area (TPSA) is 66.9 Å². The van der Waals surface area contributed by atoms with Crippen LogP contribution in [0.3, 0.4) is 0 Å². The van der Waals surface area contributed by atoms with Crippen molar-refractivity contribution in [3.8, 4) is 0 Å². The molecular weight excluding hydrogens is 259 g/mol. The summed E-state index contributed by atoms with van der Waals surface area (Å²) in [5.74, 6) is -0.102. The monoisotopic (exact) mass is 274 g/mol. The Balaban J connectivity index is 2.96. The van der Waals surface area contributed by atoms with Gasteiger partial charge >= 0.3 is 0 Å². The number of anilines is 1. The fourth-order valence-corrected chi connectivity index (χ4v) is 1.37. The molecule has 1 heterocycles. The molecular formula is C11H16ClFN4O. The van der Waals surface area contributed by atoms with Crippen molar-refractivity contribution in [1.82, 2.24) is 15.3 Å². The summed E-state index contributed by atoms with van der Waals surface area (Å²) in [7, 11) is 0. The molecule has 18 heavy (non-hydrogen) atoms. The van der Waals surface area contributed by atoms with Crippen LogP contribution in [0.25, 0.3) is 0 Å². The van der Waals surface area contributed by atoms with Gasteiger partial charge < -0.3 is 10.6 Å². The molecule has 7 heteroatoms. The van der Waals surface area contributed by atoms with Crippen LogP contribution in [0.1, 0.15) is 31.1 Å². The molecule has 1 rings (SSSR count). The third-order valence-corrected chi connectivity index (χ3v) is 2.06. The van der Waals surface area contributed by atoms with E-state index in [4.69, 9.17) is 11.6 Å². The highest BCUT2D eigenvalue weighted by Gasteiger charge is 2.19. The maximum Gasteiger partial charge on any atom is 0.257 e. The van der Waals surface area contributed by atoms with Gasteiger partial charge in [-0.25, -0.2) is 9.37 Å². The molecule has 0 spiro atoms. The lowest BCUT2D eigenvalue weighted by Gasteiger charge is -2.21. The molecule has 100 valence electrons. The van der Waals surface area contributed by atoms with E-state index in [1.54, 1.807) is 0 Å². The number of carbonyl (C=O) groups is 1. The summed E-state index contributed by atoms with van der Waals surface area (Å²) >= 11 is 5.65. The van der Waals surface area contributed by atoms with Crippen molar-refractivity contribution in [2.45, 2.75) is 26.3 Å². The second kappa shape index (κ2) is 5.95. The molecule has 0 aliphatic heterocycles. The van der Waals surface area contributed by atoms with Crippen molar-refractivity contribution in [3.63, 3.8) is 0 Å². The number of hydrogen-bond acceptors (Lipinski definition) is 4. The molecule has 0 aliphatic carbocycles. The fraction of sp³-hybridized carbons (Fsp3) is 0.545. The second-order valence-electron chi connectivity index (χ2n) is 4.72. The largest absolute Gasteiger partial charge is 0.367 e. The maximum atomic E-state index is 12.1. The molecule has 1 amide bonds. The summed E-state index contributed by atoms with van der Waals surface area (Å²) in [5.41, 5.74) is -0.142. The molecule has 0 radical (unpaired) electrons. The first-order valence-corrected chi connectivity index (χ1v) is 5.86. The van der Waals surface area contributed by atoms with Gasteiger partial charge in [-0.05, 0) is 32.4 Å². The molecule has 0 aromatic carbocycles. The van der Waals surface area contributed by atoms with E-state index in [2.05, 4.69) is 20.6 Å². The summed E-state index contributed by atoms with van der Waals surface area (Å²) in [4.78, 5) is 19.6. The molecule has 0 bridgehead atoms. The molecule has 5 nitrogen and oxygen atoms in total. The van der Waals surface area contributed by atoms with Crippen molar-refractivity contribution < 1.29 is 9.18 Å². The highest BCUT2D eigenvalue weighted by atomic mass is 35.5. The SMILES string of the molecule is CC(C)(C)NC(=O)c1cnc(Cl)nc1NCCF. The Morgan fingerprint density at radius 3 is 2.72 bits per heavy atom. The van der Waals surface area contributed by atoms with E-state index in [1.807, 2.05) is 20.8 Å². The van der Waals surface area contributed by atoms with Gasteiger partial charge in [0.25, 0.3) is 5.91 Å². The number of amides is 1. The summed E-state index contributed by atoms with van der Waals surface area (Å²) in [6.45, 7) is 5.06. The summed E-state index contributed by atoms with van der Waals surface area (Å²) in [5, 5.41) is 5.48. The van der Waals surface area contributed by atoms with Crippen LogP contribution < -0.4 is 10.6 Å². The number of nitrogens with zero attached hydrogens (tertiary/aromatic N) is 2. The quantitative estimate of drug-likeness (QED) is 0.825. The summed E-state index contributed by atoms with van der Waals surface area (Å²) < 4.78 is 12.1. The maximum absolute atomic E-state index is 12.1. The van der Waals surface area contributed by atoms with E-state index in [-0.39, 0.29) is 34.7 Å². The van der Waals surface area contributed by atoms with Crippen LogP contribution >= 0.6 is 11.6 Å². The molecule has 0 atom stereocenters. The molecule has 1 aromatic rings. The third kappa shape index (κ3) is 4.44. The van der Waals surface area contributed by atoms with Crippen LogP contribution in [-0.4, -0.2) is 34.6 Å². The van der Waals surface area contributed by atoms with Crippen molar-refractivity contribution in [1.29, 1.82) is 0 Å². The zero-order valence-corrected chi connectivity index (χ0v) is 11.3. The Hall–Kier alpha value is -1.43. The van der Waals surface area contributed by atoms with Crippen molar-refractivity contribution in [3.05, 3.63) is 17.0 Å².